The van der Waals surface area contributed by atoms with Gasteiger partial charge in [0.1, 0.15) is 0 Å². The Kier molecular flexibility index (Phi) is 2.60. The maximum Gasteiger partial charge on any atom is 0.317 e. The summed E-state index contributed by atoms with van der Waals surface area (Å²) in [7, 11) is 1.68. The van der Waals surface area contributed by atoms with Gasteiger partial charge in [0.2, 0.25) is 0 Å². The summed E-state index contributed by atoms with van der Waals surface area (Å²) in [6.45, 7) is 6.31. The normalized spacial score (nSPS) is 22.1. The molecule has 0 atom stereocenters. The Labute approximate surface area is 74.1 Å². The topological polar surface area (TPSA) is 32.3 Å². The highest BCUT2D eigenvalue weighted by Gasteiger charge is 2.27. The van der Waals surface area contributed by atoms with Crippen molar-refractivity contribution in [2.45, 2.75) is 26.7 Å². The predicted octanol–water partition coefficient (Wildman–Crippen LogP) is 1.45. The van der Waals surface area contributed by atoms with E-state index in [1.807, 2.05) is 4.90 Å². The van der Waals surface area contributed by atoms with Crippen LogP contribution in [-0.2, 0) is 0 Å². The van der Waals surface area contributed by atoms with Crippen LogP contribution in [0.3, 0.4) is 0 Å². The summed E-state index contributed by atoms with van der Waals surface area (Å²) in [6, 6.07) is 0.0606. The fourth-order valence-electron chi connectivity index (χ4n) is 1.47. The number of nitrogens with zero attached hydrogens (tertiary/aromatic N) is 1. The van der Waals surface area contributed by atoms with Crippen LogP contribution < -0.4 is 5.32 Å². The molecule has 3 heteroatoms. The van der Waals surface area contributed by atoms with E-state index in [9.17, 15) is 4.79 Å². The van der Waals surface area contributed by atoms with Crippen molar-refractivity contribution in [3.05, 3.63) is 0 Å². The van der Waals surface area contributed by atoms with Crippen molar-refractivity contribution in [2.75, 3.05) is 20.1 Å². The standard InChI is InChI=1S/C9H18N2O/c1-9(2)4-6-11(7-5-9)8(12)10-3/h4-7H2,1-3H3,(H,10,12). The van der Waals surface area contributed by atoms with Gasteiger partial charge in [0.15, 0.2) is 0 Å². The highest BCUT2D eigenvalue weighted by molar-refractivity contribution is 5.73. The van der Waals surface area contributed by atoms with Crippen LogP contribution >= 0.6 is 0 Å². The average molecular weight is 170 g/mol. The molecule has 12 heavy (non-hydrogen) atoms. The van der Waals surface area contributed by atoms with Gasteiger partial charge >= 0.3 is 6.03 Å². The first kappa shape index (κ1) is 9.36. The van der Waals surface area contributed by atoms with E-state index in [4.69, 9.17) is 0 Å². The molecule has 0 saturated carbocycles. The van der Waals surface area contributed by atoms with Crippen molar-refractivity contribution in [3.63, 3.8) is 0 Å². The van der Waals surface area contributed by atoms with Crippen LogP contribution in [0.25, 0.3) is 0 Å². The number of carbonyl (C=O) groups excluding carboxylic acids is 1. The first-order chi connectivity index (χ1) is 5.55. The summed E-state index contributed by atoms with van der Waals surface area (Å²) in [5.74, 6) is 0. The van der Waals surface area contributed by atoms with Gasteiger partial charge in [-0.2, -0.15) is 0 Å². The van der Waals surface area contributed by atoms with E-state index < -0.39 is 0 Å². The number of carbonyl (C=O) groups is 1. The Hall–Kier alpha value is -0.730. The number of hydrogen-bond donors (Lipinski definition) is 1. The van der Waals surface area contributed by atoms with Crippen molar-refractivity contribution < 1.29 is 4.79 Å². The van der Waals surface area contributed by atoms with Crippen LogP contribution in [0.15, 0.2) is 0 Å². The fourth-order valence-corrected chi connectivity index (χ4v) is 1.47. The molecule has 0 aromatic heterocycles. The van der Waals surface area contributed by atoms with Gasteiger partial charge in [-0.25, -0.2) is 4.79 Å². The molecule has 1 aliphatic rings. The molecular weight excluding hydrogens is 152 g/mol. The third-order valence-electron chi connectivity index (χ3n) is 2.62. The molecule has 0 spiro atoms. The number of likely N-dealkylation sites (tertiary alicyclic amines) is 1. The molecule has 1 aliphatic heterocycles. The Bertz CT molecular complexity index is 167. The summed E-state index contributed by atoms with van der Waals surface area (Å²) >= 11 is 0. The van der Waals surface area contributed by atoms with Crippen LogP contribution in [0, 0.1) is 5.41 Å². The average Bonchev–Trinajstić information content (AvgIpc) is 2.03. The number of urea groups is 1. The summed E-state index contributed by atoms with van der Waals surface area (Å²) < 4.78 is 0. The molecule has 0 unspecified atom stereocenters. The molecule has 0 aliphatic carbocycles. The van der Waals surface area contributed by atoms with Gasteiger partial charge in [0.25, 0.3) is 0 Å². The number of piperidine rings is 1. The third kappa shape index (κ3) is 2.13. The van der Waals surface area contributed by atoms with Gasteiger partial charge in [-0.15, -0.1) is 0 Å². The zero-order valence-electron chi connectivity index (χ0n) is 8.18. The lowest BCUT2D eigenvalue weighted by atomic mass is 9.83. The third-order valence-corrected chi connectivity index (χ3v) is 2.62. The minimum atomic E-state index is 0.0606. The SMILES string of the molecule is CNC(=O)N1CCC(C)(C)CC1. The first-order valence-electron chi connectivity index (χ1n) is 4.52. The molecule has 0 aromatic rings. The number of hydrogen-bond acceptors (Lipinski definition) is 1. The number of nitrogens with one attached hydrogen (secondary N) is 1. The molecule has 0 radical (unpaired) electrons. The summed E-state index contributed by atoms with van der Waals surface area (Å²) in [4.78, 5) is 13.1. The number of amides is 2. The van der Waals surface area contributed by atoms with Crippen LogP contribution in [0.5, 0.6) is 0 Å². The smallest absolute Gasteiger partial charge is 0.317 e. The van der Waals surface area contributed by atoms with Crippen molar-refractivity contribution in [1.82, 2.24) is 10.2 Å². The molecule has 0 bridgehead atoms. The lowest BCUT2D eigenvalue weighted by Crippen LogP contribution is -2.45. The van der Waals surface area contributed by atoms with E-state index in [0.717, 1.165) is 25.9 Å². The second-order valence-corrected chi connectivity index (χ2v) is 4.21. The van der Waals surface area contributed by atoms with Gasteiger partial charge in [-0.05, 0) is 18.3 Å². The van der Waals surface area contributed by atoms with Gasteiger partial charge in [0.05, 0.1) is 0 Å². The zero-order valence-corrected chi connectivity index (χ0v) is 8.18. The van der Waals surface area contributed by atoms with Gasteiger partial charge in [-0.1, -0.05) is 13.8 Å². The Morgan fingerprint density at radius 2 is 1.83 bits per heavy atom. The van der Waals surface area contributed by atoms with Gasteiger partial charge in [0, 0.05) is 20.1 Å². The molecule has 2 amide bonds. The van der Waals surface area contributed by atoms with E-state index in [-0.39, 0.29) is 6.03 Å². The van der Waals surface area contributed by atoms with E-state index in [2.05, 4.69) is 19.2 Å². The quantitative estimate of drug-likeness (QED) is 0.586. The van der Waals surface area contributed by atoms with Crippen molar-refractivity contribution in [3.8, 4) is 0 Å². The fraction of sp³-hybridized carbons (Fsp3) is 0.889. The molecule has 1 rings (SSSR count). The highest BCUT2D eigenvalue weighted by atomic mass is 16.2. The van der Waals surface area contributed by atoms with E-state index in [1.165, 1.54) is 0 Å². The Morgan fingerprint density at radius 1 is 1.33 bits per heavy atom. The second-order valence-electron chi connectivity index (χ2n) is 4.21. The first-order valence-corrected chi connectivity index (χ1v) is 4.52. The van der Waals surface area contributed by atoms with Gasteiger partial charge < -0.3 is 10.2 Å². The second kappa shape index (κ2) is 3.33. The molecule has 1 saturated heterocycles. The molecule has 70 valence electrons. The monoisotopic (exact) mass is 170 g/mol. The van der Waals surface area contributed by atoms with Crippen molar-refractivity contribution >= 4 is 6.03 Å². The largest absolute Gasteiger partial charge is 0.341 e. The summed E-state index contributed by atoms with van der Waals surface area (Å²) in [6.07, 6.45) is 2.22. The minimum absolute atomic E-state index is 0.0606. The maximum atomic E-state index is 11.2. The molecule has 1 fully saturated rings. The Morgan fingerprint density at radius 3 is 2.25 bits per heavy atom. The van der Waals surface area contributed by atoms with E-state index >= 15 is 0 Å². The minimum Gasteiger partial charge on any atom is -0.341 e. The van der Waals surface area contributed by atoms with Gasteiger partial charge in [-0.3, -0.25) is 0 Å². The maximum absolute atomic E-state index is 11.2. The molecular formula is C9H18N2O. The predicted molar refractivity (Wildman–Crippen MR) is 49.0 cm³/mol. The van der Waals surface area contributed by atoms with Crippen molar-refractivity contribution in [1.29, 1.82) is 0 Å². The lowest BCUT2D eigenvalue weighted by molar-refractivity contribution is 0.141. The molecule has 1 N–H and O–H groups in total. The lowest BCUT2D eigenvalue weighted by Gasteiger charge is -2.36. The highest BCUT2D eigenvalue weighted by Crippen LogP contribution is 2.29. The number of rotatable bonds is 0. The Balaban J connectivity index is 2.41. The van der Waals surface area contributed by atoms with Crippen LogP contribution in [-0.4, -0.2) is 31.1 Å². The molecule has 1 heterocycles. The van der Waals surface area contributed by atoms with E-state index in [1.54, 1.807) is 7.05 Å². The molecule has 0 aromatic carbocycles. The van der Waals surface area contributed by atoms with Crippen LogP contribution in [0.2, 0.25) is 0 Å². The summed E-state index contributed by atoms with van der Waals surface area (Å²) in [5.41, 5.74) is 0.421. The van der Waals surface area contributed by atoms with Crippen LogP contribution in [0.4, 0.5) is 4.79 Å². The summed E-state index contributed by atoms with van der Waals surface area (Å²) in [5, 5.41) is 2.65. The van der Waals surface area contributed by atoms with Crippen LogP contribution in [0.1, 0.15) is 26.7 Å². The molecule has 3 nitrogen and oxygen atoms in total. The van der Waals surface area contributed by atoms with E-state index in [0.29, 0.717) is 5.41 Å². The van der Waals surface area contributed by atoms with Crippen molar-refractivity contribution in [2.24, 2.45) is 5.41 Å². The zero-order chi connectivity index (χ0) is 9.19.